The van der Waals surface area contributed by atoms with Crippen LogP contribution in [-0.2, 0) is 0 Å². The maximum Gasteiger partial charge on any atom is 0.0280 e. The molecule has 0 bridgehead atoms. The van der Waals surface area contributed by atoms with Crippen molar-refractivity contribution in [3.8, 4) is 0 Å². The molecule has 1 aliphatic heterocycles. The zero-order chi connectivity index (χ0) is 10.5. The van der Waals surface area contributed by atoms with Gasteiger partial charge in [-0.3, -0.25) is 4.90 Å². The maximum absolute atomic E-state index is 7.55. The zero-order valence-electron chi connectivity index (χ0n) is 10.4. The van der Waals surface area contributed by atoms with Gasteiger partial charge in [0.15, 0.2) is 0 Å². The quantitative estimate of drug-likeness (QED) is 0.485. The van der Waals surface area contributed by atoms with Crippen LogP contribution in [0.5, 0.6) is 0 Å². The van der Waals surface area contributed by atoms with Gasteiger partial charge in [-0.05, 0) is 46.6 Å². The van der Waals surface area contributed by atoms with Gasteiger partial charge in [-0.1, -0.05) is 0 Å². The van der Waals surface area contributed by atoms with Gasteiger partial charge in [-0.25, -0.2) is 0 Å². The molecule has 1 fully saturated rings. The Balaban J connectivity index is 2.83. The molecule has 0 spiro atoms. The van der Waals surface area contributed by atoms with Gasteiger partial charge in [0, 0.05) is 11.0 Å². The molecule has 9 heavy (non-hydrogen) atoms. The first-order valence-corrected chi connectivity index (χ1v) is 3.31. The fourth-order valence-corrected chi connectivity index (χ4v) is 0.833. The highest BCUT2D eigenvalue weighted by molar-refractivity contribution is 4.79. The average Bonchev–Trinajstić information content (AvgIpc) is 2.00. The highest BCUT2D eigenvalue weighted by Crippen LogP contribution is 2.19. The van der Waals surface area contributed by atoms with E-state index in [1.54, 1.807) is 0 Å². The smallest absolute Gasteiger partial charge is 0.0280 e. The van der Waals surface area contributed by atoms with Crippen LogP contribution in [-0.4, -0.2) is 23.5 Å². The van der Waals surface area contributed by atoms with Crippen LogP contribution in [0.15, 0.2) is 0 Å². The highest BCUT2D eigenvalue weighted by Gasteiger charge is 2.23. The van der Waals surface area contributed by atoms with Crippen LogP contribution in [0.2, 0.25) is 0 Å². The van der Waals surface area contributed by atoms with Gasteiger partial charge in [-0.15, -0.1) is 0 Å². The molecule has 1 heteroatoms. The van der Waals surface area contributed by atoms with Crippen LogP contribution in [0, 0.1) is 0 Å². The van der Waals surface area contributed by atoms with E-state index in [0.29, 0.717) is 0 Å². The Labute approximate surface area is 63.7 Å². The fraction of sp³-hybridized carbons (Fsp3) is 1.00. The standard InChI is InChI=1S/C8H17N/c1-8(2,3)9-6-4-5-7-9/h4-7H2,1-3H3/i4D2,5D2. The van der Waals surface area contributed by atoms with Crippen molar-refractivity contribution in [2.24, 2.45) is 0 Å². The second-order valence-electron chi connectivity index (χ2n) is 3.38. The molecule has 1 heterocycles. The van der Waals surface area contributed by atoms with Gasteiger partial charge in [0.25, 0.3) is 0 Å². The molecular formula is C8H17N. The molecule has 1 saturated heterocycles. The van der Waals surface area contributed by atoms with Gasteiger partial charge in [0.05, 0.1) is 0 Å². The second-order valence-corrected chi connectivity index (χ2v) is 3.38. The highest BCUT2D eigenvalue weighted by atomic mass is 15.2. The van der Waals surface area contributed by atoms with Crippen LogP contribution in [0.3, 0.4) is 0 Å². The molecule has 54 valence electrons. The summed E-state index contributed by atoms with van der Waals surface area (Å²) >= 11 is 0. The summed E-state index contributed by atoms with van der Waals surface area (Å²) in [6.45, 7) is 6.30. The first kappa shape index (κ1) is 3.38. The Morgan fingerprint density at radius 2 is 1.67 bits per heavy atom. The summed E-state index contributed by atoms with van der Waals surface area (Å²) in [6.07, 6.45) is -3.44. The largest absolute Gasteiger partial charge is 0.298 e. The van der Waals surface area contributed by atoms with Gasteiger partial charge in [-0.2, -0.15) is 0 Å². The van der Waals surface area contributed by atoms with E-state index in [2.05, 4.69) is 0 Å². The summed E-state index contributed by atoms with van der Waals surface area (Å²) in [5.74, 6) is 0. The molecule has 0 unspecified atom stereocenters. The number of hydrogen-bond acceptors (Lipinski definition) is 1. The van der Waals surface area contributed by atoms with E-state index in [1.807, 2.05) is 25.7 Å². The predicted molar refractivity (Wildman–Crippen MR) is 40.6 cm³/mol. The third-order valence-electron chi connectivity index (χ3n) is 1.61. The number of rotatable bonds is 0. The summed E-state index contributed by atoms with van der Waals surface area (Å²) in [4.78, 5) is 1.85. The topological polar surface area (TPSA) is 3.24 Å². The van der Waals surface area contributed by atoms with Gasteiger partial charge in [0.2, 0.25) is 0 Å². The van der Waals surface area contributed by atoms with Gasteiger partial charge >= 0.3 is 0 Å². The van der Waals surface area contributed by atoms with E-state index in [4.69, 9.17) is 5.48 Å². The van der Waals surface area contributed by atoms with Crippen LogP contribution >= 0.6 is 0 Å². The molecule has 0 aliphatic carbocycles. The number of likely N-dealkylation sites (tertiary alicyclic amines) is 1. The number of hydrogen-bond donors (Lipinski definition) is 0. The van der Waals surface area contributed by atoms with E-state index in [9.17, 15) is 0 Å². The Morgan fingerprint density at radius 1 is 1.22 bits per heavy atom. The third kappa shape index (κ3) is 1.68. The third-order valence-corrected chi connectivity index (χ3v) is 1.61. The lowest BCUT2D eigenvalue weighted by atomic mass is 10.1. The molecule has 0 aromatic rings. The minimum absolute atomic E-state index is 0.156. The molecule has 0 atom stereocenters. The summed E-state index contributed by atoms with van der Waals surface area (Å²) < 4.78 is 30.2. The van der Waals surface area contributed by atoms with Gasteiger partial charge in [0.1, 0.15) is 0 Å². The lowest BCUT2D eigenvalue weighted by Gasteiger charge is -2.31. The van der Waals surface area contributed by atoms with Crippen molar-refractivity contribution < 1.29 is 5.48 Å². The minimum atomic E-state index is -1.72. The van der Waals surface area contributed by atoms with E-state index in [1.165, 1.54) is 0 Å². The molecule has 0 aromatic carbocycles. The summed E-state index contributed by atoms with van der Waals surface area (Å²) in [5.41, 5.74) is -0.156. The van der Waals surface area contributed by atoms with Crippen molar-refractivity contribution in [3.05, 3.63) is 0 Å². The summed E-state index contributed by atoms with van der Waals surface area (Å²) in [7, 11) is 0. The molecule has 0 amide bonds. The monoisotopic (exact) mass is 131 g/mol. The Hall–Kier alpha value is -0.0400. The van der Waals surface area contributed by atoms with Crippen molar-refractivity contribution in [1.82, 2.24) is 4.90 Å². The van der Waals surface area contributed by atoms with Crippen molar-refractivity contribution >= 4 is 0 Å². The zero-order valence-corrected chi connectivity index (χ0v) is 6.36. The predicted octanol–water partition coefficient (Wildman–Crippen LogP) is 1.88. The molecular weight excluding hydrogens is 110 g/mol. The molecule has 0 radical (unpaired) electrons. The van der Waals surface area contributed by atoms with Gasteiger partial charge < -0.3 is 0 Å². The normalized spacial score (nSPS) is 40.8. The molecule has 0 N–H and O–H groups in total. The van der Waals surface area contributed by atoms with Crippen LogP contribution < -0.4 is 0 Å². The van der Waals surface area contributed by atoms with Crippen LogP contribution in [0.1, 0.15) is 39.0 Å². The molecule has 1 nitrogen and oxygen atoms in total. The second kappa shape index (κ2) is 2.30. The summed E-state index contributed by atoms with van der Waals surface area (Å²) in [6, 6.07) is 0. The van der Waals surface area contributed by atoms with Crippen molar-refractivity contribution in [2.75, 3.05) is 13.1 Å². The fourth-order valence-electron chi connectivity index (χ4n) is 0.833. The molecule has 0 aromatic heterocycles. The Bertz CT molecular complexity index is 191. The van der Waals surface area contributed by atoms with E-state index in [0.717, 1.165) is 0 Å². The Morgan fingerprint density at radius 3 is 1.89 bits per heavy atom. The van der Waals surface area contributed by atoms with E-state index in [-0.39, 0.29) is 18.6 Å². The van der Waals surface area contributed by atoms with Crippen molar-refractivity contribution in [2.45, 2.75) is 39.1 Å². The first-order chi connectivity index (χ1) is 5.56. The van der Waals surface area contributed by atoms with Crippen LogP contribution in [0.4, 0.5) is 0 Å². The maximum atomic E-state index is 7.55. The minimum Gasteiger partial charge on any atom is -0.298 e. The molecule has 1 aliphatic rings. The van der Waals surface area contributed by atoms with E-state index >= 15 is 0 Å². The van der Waals surface area contributed by atoms with Crippen molar-refractivity contribution in [3.63, 3.8) is 0 Å². The van der Waals surface area contributed by atoms with Crippen LogP contribution in [0.25, 0.3) is 0 Å². The first-order valence-electron chi connectivity index (χ1n) is 5.31. The molecule has 1 rings (SSSR count). The Kier molecular flexibility index (Phi) is 0.862. The average molecular weight is 131 g/mol. The molecule has 0 saturated carbocycles. The SMILES string of the molecule is [2H]C1([2H])CN(C(C)(C)C)CC1([2H])[2H]. The van der Waals surface area contributed by atoms with E-state index < -0.39 is 12.7 Å². The lowest BCUT2D eigenvalue weighted by Crippen LogP contribution is -2.38. The summed E-state index contributed by atoms with van der Waals surface area (Å²) in [5, 5.41) is 0. The number of nitrogens with zero attached hydrogens (tertiary/aromatic N) is 1. The lowest BCUT2D eigenvalue weighted by molar-refractivity contribution is 0.175. The van der Waals surface area contributed by atoms with Crippen molar-refractivity contribution in [1.29, 1.82) is 0 Å².